The van der Waals surface area contributed by atoms with Gasteiger partial charge in [0.2, 0.25) is 0 Å². The molecular weight excluding hydrogens is 174 g/mol. The smallest absolute Gasteiger partial charge is 0.103 e. The second-order valence-electron chi connectivity index (χ2n) is 3.37. The molecule has 0 aromatic carbocycles. The molecule has 1 rings (SSSR count). The first-order valence-corrected chi connectivity index (χ1v) is 4.88. The number of nitriles is 1. The number of aromatic nitrogens is 1. The highest BCUT2D eigenvalue weighted by molar-refractivity contribution is 5.56. The summed E-state index contributed by atoms with van der Waals surface area (Å²) in [5, 5.41) is 12.1. The van der Waals surface area contributed by atoms with Crippen molar-refractivity contribution >= 4 is 5.69 Å². The molecule has 0 aliphatic rings. The quantitative estimate of drug-likeness (QED) is 0.791. The summed E-state index contributed by atoms with van der Waals surface area (Å²) in [4.78, 5) is 3.91. The minimum absolute atomic E-state index is 0.398. The largest absolute Gasteiger partial charge is 0.381 e. The number of anilines is 1. The van der Waals surface area contributed by atoms with Crippen molar-refractivity contribution in [2.24, 2.45) is 0 Å². The van der Waals surface area contributed by atoms with Crippen molar-refractivity contribution in [2.75, 3.05) is 5.32 Å². The van der Waals surface area contributed by atoms with E-state index in [9.17, 15) is 0 Å². The fourth-order valence-electron chi connectivity index (χ4n) is 1.38. The molecule has 0 aliphatic heterocycles. The van der Waals surface area contributed by atoms with E-state index in [1.165, 1.54) is 0 Å². The summed E-state index contributed by atoms with van der Waals surface area (Å²) >= 11 is 0. The van der Waals surface area contributed by atoms with Crippen LogP contribution in [0.15, 0.2) is 18.5 Å². The number of rotatable bonds is 4. The third-order valence-electron chi connectivity index (χ3n) is 2.07. The summed E-state index contributed by atoms with van der Waals surface area (Å²) < 4.78 is 0. The van der Waals surface area contributed by atoms with E-state index in [-0.39, 0.29) is 0 Å². The van der Waals surface area contributed by atoms with Gasteiger partial charge in [-0.2, -0.15) is 5.26 Å². The van der Waals surface area contributed by atoms with Crippen molar-refractivity contribution < 1.29 is 0 Å². The Kier molecular flexibility index (Phi) is 3.93. The molecule has 3 heteroatoms. The number of nitrogens with one attached hydrogen (secondary N) is 1. The standard InChI is InChI=1S/C11H15N3/c1-3-4-9(2)14-11-5-6-13-8-10(11)7-12/h5-6,8-9H,3-4H2,1-2H3,(H,13,14). The van der Waals surface area contributed by atoms with Gasteiger partial charge in [0.1, 0.15) is 6.07 Å². The van der Waals surface area contributed by atoms with Crippen molar-refractivity contribution in [1.29, 1.82) is 5.26 Å². The Balaban J connectivity index is 2.71. The molecule has 0 fully saturated rings. The molecule has 0 amide bonds. The van der Waals surface area contributed by atoms with E-state index >= 15 is 0 Å². The van der Waals surface area contributed by atoms with Gasteiger partial charge in [-0.15, -0.1) is 0 Å². The first kappa shape index (κ1) is 10.5. The van der Waals surface area contributed by atoms with E-state index in [0.717, 1.165) is 18.5 Å². The molecule has 1 aromatic heterocycles. The van der Waals surface area contributed by atoms with Gasteiger partial charge >= 0.3 is 0 Å². The van der Waals surface area contributed by atoms with E-state index in [0.29, 0.717) is 11.6 Å². The lowest BCUT2D eigenvalue weighted by atomic mass is 10.1. The molecule has 1 N–H and O–H groups in total. The van der Waals surface area contributed by atoms with Gasteiger partial charge in [-0.1, -0.05) is 13.3 Å². The predicted molar refractivity (Wildman–Crippen MR) is 56.9 cm³/mol. The molecule has 1 heterocycles. The molecule has 14 heavy (non-hydrogen) atoms. The van der Waals surface area contributed by atoms with Crippen LogP contribution in [0.1, 0.15) is 32.3 Å². The maximum atomic E-state index is 8.83. The maximum Gasteiger partial charge on any atom is 0.103 e. The van der Waals surface area contributed by atoms with Gasteiger partial charge in [0.05, 0.1) is 11.3 Å². The third-order valence-corrected chi connectivity index (χ3v) is 2.07. The highest BCUT2D eigenvalue weighted by atomic mass is 14.9. The molecule has 0 aliphatic carbocycles. The summed E-state index contributed by atoms with van der Waals surface area (Å²) in [6, 6.07) is 4.35. The Morgan fingerprint density at radius 2 is 2.43 bits per heavy atom. The van der Waals surface area contributed by atoms with Crippen LogP contribution in [-0.4, -0.2) is 11.0 Å². The SMILES string of the molecule is CCCC(C)Nc1ccncc1C#N. The average Bonchev–Trinajstić information content (AvgIpc) is 2.19. The van der Waals surface area contributed by atoms with E-state index in [1.54, 1.807) is 12.4 Å². The Bertz CT molecular complexity index is 328. The fraction of sp³-hybridized carbons (Fsp3) is 0.455. The number of hydrogen-bond acceptors (Lipinski definition) is 3. The molecule has 0 bridgehead atoms. The van der Waals surface area contributed by atoms with E-state index in [1.807, 2.05) is 6.07 Å². The molecule has 1 atom stereocenters. The maximum absolute atomic E-state index is 8.83. The lowest BCUT2D eigenvalue weighted by molar-refractivity contribution is 0.690. The van der Waals surface area contributed by atoms with Crippen molar-refractivity contribution in [3.63, 3.8) is 0 Å². The first-order chi connectivity index (χ1) is 6.77. The number of pyridine rings is 1. The molecule has 1 aromatic rings. The van der Waals surface area contributed by atoms with Crippen LogP contribution in [0, 0.1) is 11.3 Å². The van der Waals surface area contributed by atoms with Crippen LogP contribution in [0.2, 0.25) is 0 Å². The highest BCUT2D eigenvalue weighted by Gasteiger charge is 2.04. The van der Waals surface area contributed by atoms with Crippen molar-refractivity contribution in [3.05, 3.63) is 24.0 Å². The van der Waals surface area contributed by atoms with Crippen LogP contribution in [0.3, 0.4) is 0 Å². The summed E-state index contributed by atoms with van der Waals surface area (Å²) in [6.07, 6.45) is 5.52. The molecule has 0 saturated carbocycles. The van der Waals surface area contributed by atoms with Gasteiger partial charge in [0.25, 0.3) is 0 Å². The fourth-order valence-corrected chi connectivity index (χ4v) is 1.38. The van der Waals surface area contributed by atoms with Gasteiger partial charge in [-0.25, -0.2) is 0 Å². The van der Waals surface area contributed by atoms with Gasteiger partial charge in [0, 0.05) is 18.4 Å². The Labute approximate surface area is 84.8 Å². The molecule has 0 spiro atoms. The number of hydrogen-bond donors (Lipinski definition) is 1. The first-order valence-electron chi connectivity index (χ1n) is 4.88. The molecule has 3 nitrogen and oxygen atoms in total. The lowest BCUT2D eigenvalue weighted by Gasteiger charge is -2.14. The van der Waals surface area contributed by atoms with Gasteiger partial charge in [-0.3, -0.25) is 4.98 Å². The summed E-state index contributed by atoms with van der Waals surface area (Å²) in [7, 11) is 0. The normalized spacial score (nSPS) is 11.8. The van der Waals surface area contributed by atoms with Crippen LogP contribution < -0.4 is 5.32 Å². The molecule has 1 unspecified atom stereocenters. The van der Waals surface area contributed by atoms with Gasteiger partial charge in [-0.05, 0) is 19.4 Å². The topological polar surface area (TPSA) is 48.7 Å². The lowest BCUT2D eigenvalue weighted by Crippen LogP contribution is -2.15. The summed E-state index contributed by atoms with van der Waals surface area (Å²) in [5.41, 5.74) is 1.49. The number of nitrogens with zero attached hydrogens (tertiary/aromatic N) is 2. The zero-order valence-corrected chi connectivity index (χ0v) is 8.62. The minimum atomic E-state index is 0.398. The molecule has 0 saturated heterocycles. The molecule has 0 radical (unpaired) electrons. The predicted octanol–water partition coefficient (Wildman–Crippen LogP) is 2.55. The van der Waals surface area contributed by atoms with E-state index < -0.39 is 0 Å². The van der Waals surface area contributed by atoms with Crippen molar-refractivity contribution in [2.45, 2.75) is 32.7 Å². The zero-order valence-electron chi connectivity index (χ0n) is 8.62. The summed E-state index contributed by atoms with van der Waals surface area (Å²) in [5.74, 6) is 0. The second-order valence-corrected chi connectivity index (χ2v) is 3.37. The third kappa shape index (κ3) is 2.74. The van der Waals surface area contributed by atoms with E-state index in [4.69, 9.17) is 5.26 Å². The van der Waals surface area contributed by atoms with Crippen molar-refractivity contribution in [3.8, 4) is 6.07 Å². The van der Waals surface area contributed by atoms with Gasteiger partial charge < -0.3 is 5.32 Å². The Hall–Kier alpha value is -1.56. The highest BCUT2D eigenvalue weighted by Crippen LogP contribution is 2.14. The Morgan fingerprint density at radius 3 is 3.07 bits per heavy atom. The monoisotopic (exact) mass is 189 g/mol. The van der Waals surface area contributed by atoms with Crippen LogP contribution in [0.5, 0.6) is 0 Å². The molecule has 74 valence electrons. The minimum Gasteiger partial charge on any atom is -0.381 e. The van der Waals surface area contributed by atoms with Crippen LogP contribution in [0.25, 0.3) is 0 Å². The van der Waals surface area contributed by atoms with E-state index in [2.05, 4.69) is 30.2 Å². The van der Waals surface area contributed by atoms with Gasteiger partial charge in [0.15, 0.2) is 0 Å². The van der Waals surface area contributed by atoms with Crippen LogP contribution >= 0.6 is 0 Å². The van der Waals surface area contributed by atoms with Crippen LogP contribution in [0.4, 0.5) is 5.69 Å². The second kappa shape index (κ2) is 5.23. The summed E-state index contributed by atoms with van der Waals surface area (Å²) in [6.45, 7) is 4.26. The van der Waals surface area contributed by atoms with Crippen molar-refractivity contribution in [1.82, 2.24) is 4.98 Å². The zero-order chi connectivity index (χ0) is 10.4. The van der Waals surface area contributed by atoms with Crippen LogP contribution in [-0.2, 0) is 0 Å². The average molecular weight is 189 g/mol. The molecular formula is C11H15N3. The Morgan fingerprint density at radius 1 is 1.64 bits per heavy atom.